The average molecular weight is 398 g/mol. The highest BCUT2D eigenvalue weighted by atomic mass is 19.3. The number of ether oxygens (including phenoxy) is 1. The van der Waals surface area contributed by atoms with Crippen LogP contribution in [0.25, 0.3) is 11.0 Å². The van der Waals surface area contributed by atoms with Crippen LogP contribution in [0.15, 0.2) is 48.5 Å². The second-order valence-corrected chi connectivity index (χ2v) is 6.65. The van der Waals surface area contributed by atoms with Gasteiger partial charge in [0.15, 0.2) is 6.10 Å². The lowest BCUT2D eigenvalue weighted by Crippen LogP contribution is -2.38. The number of aromatic nitrogens is 2. The van der Waals surface area contributed by atoms with Gasteiger partial charge in [-0.15, -0.1) is 0 Å². The molecule has 0 aliphatic carbocycles. The maximum absolute atomic E-state index is 13.6. The summed E-state index contributed by atoms with van der Waals surface area (Å²) in [5.74, 6) is -0.135. The van der Waals surface area contributed by atoms with Gasteiger partial charge in [0.05, 0.1) is 22.7 Å². The Balaban J connectivity index is 1.64. The van der Waals surface area contributed by atoms with Crippen molar-refractivity contribution in [3.05, 3.63) is 59.9 Å². The monoisotopic (exact) mass is 398 g/mol. The van der Waals surface area contributed by atoms with Gasteiger partial charge in [0.25, 0.3) is 5.91 Å². The van der Waals surface area contributed by atoms with Crippen molar-refractivity contribution in [2.45, 2.75) is 32.4 Å². The van der Waals surface area contributed by atoms with E-state index in [4.69, 9.17) is 10.00 Å². The maximum atomic E-state index is 13.6. The Morgan fingerprint density at radius 3 is 2.55 bits per heavy atom. The quantitative estimate of drug-likeness (QED) is 0.653. The molecule has 0 fully saturated rings. The number of amides is 1. The highest BCUT2D eigenvalue weighted by molar-refractivity contribution is 5.81. The summed E-state index contributed by atoms with van der Waals surface area (Å²) in [6, 6.07) is 15.1. The van der Waals surface area contributed by atoms with Gasteiger partial charge in [0.1, 0.15) is 11.6 Å². The summed E-state index contributed by atoms with van der Waals surface area (Å²) >= 11 is 0. The molecule has 0 aliphatic rings. The van der Waals surface area contributed by atoms with E-state index in [2.05, 4.69) is 10.3 Å². The summed E-state index contributed by atoms with van der Waals surface area (Å²) in [6.45, 7) is 0.726. The third kappa shape index (κ3) is 4.51. The van der Waals surface area contributed by atoms with E-state index >= 15 is 0 Å². The summed E-state index contributed by atoms with van der Waals surface area (Å²) in [5, 5.41) is 11.5. The molecule has 0 bridgehead atoms. The molecule has 3 rings (SSSR count). The second-order valence-electron chi connectivity index (χ2n) is 6.65. The zero-order valence-corrected chi connectivity index (χ0v) is 16.0. The summed E-state index contributed by atoms with van der Waals surface area (Å²) in [4.78, 5) is 16.6. The first kappa shape index (κ1) is 20.3. The van der Waals surface area contributed by atoms with Crippen LogP contribution in [0.5, 0.6) is 5.75 Å². The van der Waals surface area contributed by atoms with E-state index in [1.165, 1.54) is 0 Å². The standard InChI is InChI=1S/C21H20F2N4O2/c1-13(19-26-17-5-3-4-6-18(17)27(19)21(22)23)12-25-20(28)14(2)29-16-9-7-15(11-24)8-10-16/h3-10,13-14,21H,12H2,1-2H3,(H,25,28)/t13-,14-/m1/s1. The minimum Gasteiger partial charge on any atom is -0.481 e. The molecule has 6 nitrogen and oxygen atoms in total. The van der Waals surface area contributed by atoms with Gasteiger partial charge in [-0.2, -0.15) is 14.0 Å². The van der Waals surface area contributed by atoms with Gasteiger partial charge in [0, 0.05) is 12.5 Å². The first-order valence-corrected chi connectivity index (χ1v) is 9.10. The summed E-state index contributed by atoms with van der Waals surface area (Å²) < 4.78 is 33.6. The average Bonchev–Trinajstić information content (AvgIpc) is 3.12. The predicted octanol–water partition coefficient (Wildman–Crippen LogP) is 3.99. The predicted molar refractivity (Wildman–Crippen MR) is 104 cm³/mol. The van der Waals surface area contributed by atoms with Gasteiger partial charge in [-0.1, -0.05) is 19.1 Å². The molecule has 1 N–H and O–H groups in total. The topological polar surface area (TPSA) is 79.9 Å². The fraction of sp³-hybridized carbons (Fsp3) is 0.286. The first-order valence-electron chi connectivity index (χ1n) is 9.10. The van der Waals surface area contributed by atoms with E-state index in [1.54, 1.807) is 62.4 Å². The van der Waals surface area contributed by atoms with E-state index in [0.717, 1.165) is 4.57 Å². The number of imidazole rings is 1. The van der Waals surface area contributed by atoms with E-state index < -0.39 is 18.6 Å². The number of nitriles is 1. The summed E-state index contributed by atoms with van der Waals surface area (Å²) in [6.07, 6.45) is -0.788. The first-order chi connectivity index (χ1) is 13.9. The molecule has 1 heterocycles. The maximum Gasteiger partial charge on any atom is 0.320 e. The zero-order valence-electron chi connectivity index (χ0n) is 16.0. The SMILES string of the molecule is C[C@H](CNC(=O)[C@@H](C)Oc1ccc(C#N)cc1)c1nc2ccccc2n1C(F)F. The van der Waals surface area contributed by atoms with E-state index in [1.807, 2.05) is 6.07 Å². The highest BCUT2D eigenvalue weighted by Crippen LogP contribution is 2.27. The minimum atomic E-state index is -2.73. The number of alkyl halides is 2. The second kappa shape index (κ2) is 8.69. The molecular weight excluding hydrogens is 378 g/mol. The number of nitrogens with one attached hydrogen (secondary N) is 1. The van der Waals surface area contributed by atoms with Crippen LogP contribution in [0.3, 0.4) is 0 Å². The van der Waals surface area contributed by atoms with E-state index in [0.29, 0.717) is 22.3 Å². The third-order valence-electron chi connectivity index (χ3n) is 4.51. The molecular formula is C21H20F2N4O2. The Hall–Kier alpha value is -3.47. The Morgan fingerprint density at radius 1 is 1.21 bits per heavy atom. The summed E-state index contributed by atoms with van der Waals surface area (Å²) in [7, 11) is 0. The van der Waals surface area contributed by atoms with Crippen LogP contribution in [0.2, 0.25) is 0 Å². The molecule has 0 radical (unpaired) electrons. The van der Waals surface area contributed by atoms with Crippen molar-refractivity contribution in [2.24, 2.45) is 0 Å². The number of carbonyl (C=O) groups excluding carboxylic acids is 1. The smallest absolute Gasteiger partial charge is 0.320 e. The van der Waals surface area contributed by atoms with E-state index in [-0.39, 0.29) is 18.3 Å². The number of hydrogen-bond donors (Lipinski definition) is 1. The lowest BCUT2D eigenvalue weighted by Gasteiger charge is -2.18. The fourth-order valence-corrected chi connectivity index (χ4v) is 2.97. The van der Waals surface area contributed by atoms with Crippen LogP contribution < -0.4 is 10.1 Å². The molecule has 2 aromatic carbocycles. The molecule has 0 saturated heterocycles. The zero-order chi connectivity index (χ0) is 21.0. The van der Waals surface area contributed by atoms with Crippen molar-refractivity contribution >= 4 is 16.9 Å². The number of benzene rings is 2. The number of halogens is 2. The molecule has 1 amide bonds. The van der Waals surface area contributed by atoms with Crippen LogP contribution in [0.4, 0.5) is 8.78 Å². The Morgan fingerprint density at radius 2 is 1.90 bits per heavy atom. The molecule has 0 saturated carbocycles. The fourth-order valence-electron chi connectivity index (χ4n) is 2.97. The molecule has 0 unspecified atom stereocenters. The van der Waals surface area contributed by atoms with Gasteiger partial charge in [-0.3, -0.25) is 9.36 Å². The van der Waals surface area contributed by atoms with Crippen molar-refractivity contribution in [1.29, 1.82) is 5.26 Å². The molecule has 8 heteroatoms. The summed E-state index contributed by atoms with van der Waals surface area (Å²) in [5.41, 5.74) is 1.33. The van der Waals surface area contributed by atoms with Crippen molar-refractivity contribution in [1.82, 2.24) is 14.9 Å². The molecule has 0 aliphatic heterocycles. The van der Waals surface area contributed by atoms with Gasteiger partial charge in [-0.05, 0) is 43.3 Å². The molecule has 3 aromatic rings. The van der Waals surface area contributed by atoms with Crippen molar-refractivity contribution in [3.63, 3.8) is 0 Å². The Bertz CT molecular complexity index is 1040. The number of carbonyl (C=O) groups is 1. The molecule has 2 atom stereocenters. The number of fused-ring (bicyclic) bond motifs is 1. The van der Waals surface area contributed by atoms with Gasteiger partial charge in [0.2, 0.25) is 0 Å². The molecule has 0 spiro atoms. The Kier molecular flexibility index (Phi) is 6.07. The van der Waals surface area contributed by atoms with E-state index in [9.17, 15) is 13.6 Å². The Labute approximate surface area is 166 Å². The number of nitrogens with zero attached hydrogens (tertiary/aromatic N) is 3. The normalized spacial score (nSPS) is 13.1. The van der Waals surface area contributed by atoms with Crippen molar-refractivity contribution in [2.75, 3.05) is 6.54 Å². The van der Waals surface area contributed by atoms with Gasteiger partial charge < -0.3 is 10.1 Å². The minimum absolute atomic E-state index is 0.135. The van der Waals surface area contributed by atoms with Crippen LogP contribution in [0.1, 0.15) is 37.7 Å². The lowest BCUT2D eigenvalue weighted by atomic mass is 10.1. The molecule has 150 valence electrons. The van der Waals surface area contributed by atoms with Crippen LogP contribution >= 0.6 is 0 Å². The third-order valence-corrected chi connectivity index (χ3v) is 4.51. The number of hydrogen-bond acceptors (Lipinski definition) is 4. The lowest BCUT2D eigenvalue weighted by molar-refractivity contribution is -0.127. The van der Waals surface area contributed by atoms with Crippen molar-refractivity contribution < 1.29 is 18.3 Å². The molecule has 1 aromatic heterocycles. The van der Waals surface area contributed by atoms with Crippen LogP contribution in [-0.4, -0.2) is 28.1 Å². The van der Waals surface area contributed by atoms with Crippen LogP contribution in [0, 0.1) is 11.3 Å². The van der Waals surface area contributed by atoms with Crippen LogP contribution in [-0.2, 0) is 4.79 Å². The number of para-hydroxylation sites is 2. The van der Waals surface area contributed by atoms with Gasteiger partial charge in [-0.25, -0.2) is 4.98 Å². The van der Waals surface area contributed by atoms with Gasteiger partial charge >= 0.3 is 6.55 Å². The largest absolute Gasteiger partial charge is 0.481 e. The van der Waals surface area contributed by atoms with Crippen molar-refractivity contribution in [3.8, 4) is 11.8 Å². The number of rotatable bonds is 7. The molecule has 29 heavy (non-hydrogen) atoms. The highest BCUT2D eigenvalue weighted by Gasteiger charge is 2.23.